The van der Waals surface area contributed by atoms with Gasteiger partial charge in [0, 0.05) is 31.6 Å². The summed E-state index contributed by atoms with van der Waals surface area (Å²) in [7, 11) is 0. The maximum absolute atomic E-state index is 12.4. The Balaban J connectivity index is 2.59. The van der Waals surface area contributed by atoms with Crippen LogP contribution in [0.5, 0.6) is 0 Å². The third-order valence-corrected chi connectivity index (χ3v) is 4.67. The molecule has 2 N–H and O–H groups in total. The zero-order valence-electron chi connectivity index (χ0n) is 13.3. The Kier molecular flexibility index (Phi) is 6.40. The van der Waals surface area contributed by atoms with E-state index in [0.29, 0.717) is 4.99 Å². The number of hydrogen-bond acceptors (Lipinski definition) is 3. The van der Waals surface area contributed by atoms with Crippen molar-refractivity contribution in [2.24, 2.45) is 11.1 Å². The van der Waals surface area contributed by atoms with Gasteiger partial charge in [0.2, 0.25) is 5.91 Å². The first-order chi connectivity index (χ1) is 9.33. The molecule has 1 aliphatic rings. The molecule has 0 aromatic rings. The first kappa shape index (κ1) is 17.4. The van der Waals surface area contributed by atoms with Gasteiger partial charge in [-0.1, -0.05) is 46.3 Å². The molecule has 1 heterocycles. The Morgan fingerprint density at radius 1 is 1.25 bits per heavy atom. The predicted molar refractivity (Wildman–Crippen MR) is 87.7 cm³/mol. The van der Waals surface area contributed by atoms with Gasteiger partial charge in [-0.25, -0.2) is 0 Å². The van der Waals surface area contributed by atoms with Crippen LogP contribution in [-0.2, 0) is 4.79 Å². The summed E-state index contributed by atoms with van der Waals surface area (Å²) < 4.78 is 0. The number of carbonyl (C=O) groups excluding carboxylic acids is 1. The third kappa shape index (κ3) is 4.16. The first-order valence-corrected chi connectivity index (χ1v) is 8.07. The molecule has 5 heteroatoms. The number of nitrogens with zero attached hydrogens (tertiary/aromatic N) is 2. The van der Waals surface area contributed by atoms with E-state index in [1.54, 1.807) is 0 Å². The molecular weight excluding hydrogens is 270 g/mol. The minimum absolute atomic E-state index is 0.187. The van der Waals surface area contributed by atoms with E-state index < -0.39 is 0 Å². The van der Waals surface area contributed by atoms with Crippen LogP contribution in [0.2, 0.25) is 0 Å². The molecule has 1 saturated heterocycles. The Morgan fingerprint density at radius 2 is 1.80 bits per heavy atom. The highest BCUT2D eigenvalue weighted by Crippen LogP contribution is 2.24. The Hall–Kier alpha value is -0.680. The van der Waals surface area contributed by atoms with E-state index in [1.807, 2.05) is 18.7 Å². The Bertz CT molecular complexity index is 349. The topological polar surface area (TPSA) is 49.6 Å². The van der Waals surface area contributed by atoms with Crippen LogP contribution < -0.4 is 5.73 Å². The fourth-order valence-electron chi connectivity index (χ4n) is 2.59. The molecule has 1 fully saturated rings. The van der Waals surface area contributed by atoms with Crippen LogP contribution in [0.1, 0.15) is 47.0 Å². The van der Waals surface area contributed by atoms with Gasteiger partial charge in [0.15, 0.2) is 0 Å². The van der Waals surface area contributed by atoms with Crippen molar-refractivity contribution >= 4 is 23.1 Å². The van der Waals surface area contributed by atoms with E-state index in [9.17, 15) is 4.79 Å². The molecule has 0 saturated carbocycles. The molecule has 1 atom stereocenters. The summed E-state index contributed by atoms with van der Waals surface area (Å²) in [5.41, 5.74) is 5.59. The fraction of sp³-hybridized carbons (Fsp3) is 0.867. The highest BCUT2D eigenvalue weighted by Gasteiger charge is 2.33. The van der Waals surface area contributed by atoms with E-state index in [2.05, 4.69) is 18.7 Å². The van der Waals surface area contributed by atoms with Crippen molar-refractivity contribution in [1.82, 2.24) is 9.80 Å². The van der Waals surface area contributed by atoms with Gasteiger partial charge in [0.25, 0.3) is 0 Å². The van der Waals surface area contributed by atoms with Crippen LogP contribution in [0.4, 0.5) is 0 Å². The predicted octanol–water partition coefficient (Wildman–Crippen LogP) is 2.02. The maximum atomic E-state index is 12.4. The van der Waals surface area contributed by atoms with E-state index in [-0.39, 0.29) is 17.4 Å². The number of piperazine rings is 1. The quantitative estimate of drug-likeness (QED) is 0.762. The SMILES string of the molecule is CCCC(C(N)=S)N1CCN(C(=O)C(C)(C)CC)CC1. The standard InChI is InChI=1S/C15H29N3OS/c1-5-7-12(13(16)20)17-8-10-18(11-9-17)14(19)15(3,4)6-2/h12H,5-11H2,1-4H3,(H2,16,20). The van der Waals surface area contributed by atoms with Crippen molar-refractivity contribution in [2.75, 3.05) is 26.2 Å². The monoisotopic (exact) mass is 299 g/mol. The summed E-state index contributed by atoms with van der Waals surface area (Å²) >= 11 is 5.18. The van der Waals surface area contributed by atoms with Gasteiger partial charge in [-0.15, -0.1) is 0 Å². The summed E-state index contributed by atoms with van der Waals surface area (Å²) in [5.74, 6) is 0.266. The normalized spacial score (nSPS) is 18.9. The molecule has 4 nitrogen and oxygen atoms in total. The highest BCUT2D eigenvalue weighted by molar-refractivity contribution is 7.80. The van der Waals surface area contributed by atoms with Crippen LogP contribution in [0.3, 0.4) is 0 Å². The molecule has 0 spiro atoms. The van der Waals surface area contributed by atoms with Gasteiger partial charge >= 0.3 is 0 Å². The second-order valence-electron chi connectivity index (χ2n) is 6.27. The molecule has 0 radical (unpaired) electrons. The molecule has 1 unspecified atom stereocenters. The van der Waals surface area contributed by atoms with Gasteiger partial charge in [-0.3, -0.25) is 9.69 Å². The lowest BCUT2D eigenvalue weighted by Gasteiger charge is -2.41. The van der Waals surface area contributed by atoms with Gasteiger partial charge in [-0.05, 0) is 12.8 Å². The van der Waals surface area contributed by atoms with Gasteiger partial charge in [0.1, 0.15) is 0 Å². The molecule has 0 aromatic carbocycles. The second kappa shape index (κ2) is 7.36. The minimum atomic E-state index is -0.256. The van der Waals surface area contributed by atoms with Crippen LogP contribution in [0.25, 0.3) is 0 Å². The van der Waals surface area contributed by atoms with E-state index >= 15 is 0 Å². The fourth-order valence-corrected chi connectivity index (χ4v) is 2.86. The summed E-state index contributed by atoms with van der Waals surface area (Å²) in [6.45, 7) is 11.6. The summed E-state index contributed by atoms with van der Waals surface area (Å²) in [6.07, 6.45) is 2.95. The molecule has 116 valence electrons. The number of rotatable bonds is 6. The zero-order valence-corrected chi connectivity index (χ0v) is 14.1. The highest BCUT2D eigenvalue weighted by atomic mass is 32.1. The summed E-state index contributed by atoms with van der Waals surface area (Å²) in [6, 6.07) is 0.187. The lowest BCUT2D eigenvalue weighted by molar-refractivity contribution is -0.142. The van der Waals surface area contributed by atoms with Crippen molar-refractivity contribution in [2.45, 2.75) is 53.0 Å². The van der Waals surface area contributed by atoms with E-state index in [0.717, 1.165) is 45.4 Å². The van der Waals surface area contributed by atoms with Crippen molar-refractivity contribution in [1.29, 1.82) is 0 Å². The van der Waals surface area contributed by atoms with Gasteiger partial charge < -0.3 is 10.6 Å². The summed E-state index contributed by atoms with van der Waals surface area (Å²) in [4.78, 5) is 17.3. The smallest absolute Gasteiger partial charge is 0.228 e. The molecule has 1 aliphatic heterocycles. The lowest BCUT2D eigenvalue weighted by Crippen LogP contribution is -2.56. The number of thiocarbonyl (C=S) groups is 1. The number of hydrogen-bond donors (Lipinski definition) is 1. The largest absolute Gasteiger partial charge is 0.392 e. The lowest BCUT2D eigenvalue weighted by atomic mass is 9.88. The second-order valence-corrected chi connectivity index (χ2v) is 6.74. The van der Waals surface area contributed by atoms with Crippen molar-refractivity contribution in [3.8, 4) is 0 Å². The van der Waals surface area contributed by atoms with Crippen molar-refractivity contribution in [3.05, 3.63) is 0 Å². The van der Waals surface area contributed by atoms with Crippen LogP contribution in [-0.4, -0.2) is 52.9 Å². The molecule has 0 aliphatic carbocycles. The van der Waals surface area contributed by atoms with Crippen LogP contribution >= 0.6 is 12.2 Å². The van der Waals surface area contributed by atoms with Crippen LogP contribution in [0, 0.1) is 5.41 Å². The third-order valence-electron chi connectivity index (χ3n) is 4.40. The van der Waals surface area contributed by atoms with E-state index in [1.165, 1.54) is 0 Å². The molecule has 1 rings (SSSR count). The minimum Gasteiger partial charge on any atom is -0.392 e. The first-order valence-electron chi connectivity index (χ1n) is 7.66. The number of amides is 1. The molecule has 20 heavy (non-hydrogen) atoms. The average molecular weight is 299 g/mol. The maximum Gasteiger partial charge on any atom is 0.228 e. The van der Waals surface area contributed by atoms with E-state index in [4.69, 9.17) is 18.0 Å². The molecule has 0 bridgehead atoms. The van der Waals surface area contributed by atoms with Crippen molar-refractivity contribution < 1.29 is 4.79 Å². The van der Waals surface area contributed by atoms with Gasteiger partial charge in [-0.2, -0.15) is 0 Å². The molecule has 1 amide bonds. The number of carbonyl (C=O) groups is 1. The van der Waals surface area contributed by atoms with Gasteiger partial charge in [0.05, 0.1) is 11.0 Å². The molecule has 0 aromatic heterocycles. The summed E-state index contributed by atoms with van der Waals surface area (Å²) in [5, 5.41) is 0. The van der Waals surface area contributed by atoms with Crippen molar-refractivity contribution in [3.63, 3.8) is 0 Å². The Morgan fingerprint density at radius 3 is 2.20 bits per heavy atom. The average Bonchev–Trinajstić information content (AvgIpc) is 2.44. The molecular formula is C15H29N3OS. The Labute approximate surface area is 128 Å². The zero-order chi connectivity index (χ0) is 15.3. The number of nitrogens with two attached hydrogens (primary N) is 1. The van der Waals surface area contributed by atoms with Crippen LogP contribution in [0.15, 0.2) is 0 Å².